The van der Waals surface area contributed by atoms with E-state index < -0.39 is 0 Å². The Morgan fingerprint density at radius 2 is 2.10 bits per heavy atom. The SMILES string of the molecule is CCC(NCCCOCc1ccco1)c1ccccc1O. The molecule has 0 saturated heterocycles. The van der Waals surface area contributed by atoms with E-state index in [1.54, 1.807) is 12.3 Å². The number of furan rings is 1. The number of phenols is 1. The molecule has 4 nitrogen and oxygen atoms in total. The molecule has 0 radical (unpaired) electrons. The van der Waals surface area contributed by atoms with Crippen LogP contribution in [0.2, 0.25) is 0 Å². The maximum Gasteiger partial charge on any atom is 0.129 e. The van der Waals surface area contributed by atoms with E-state index in [1.165, 1.54) is 0 Å². The van der Waals surface area contributed by atoms with Crippen LogP contribution in [-0.2, 0) is 11.3 Å². The molecule has 4 heteroatoms. The molecule has 1 aromatic heterocycles. The van der Waals surface area contributed by atoms with E-state index in [0.717, 1.165) is 30.7 Å². The van der Waals surface area contributed by atoms with E-state index in [4.69, 9.17) is 9.15 Å². The lowest BCUT2D eigenvalue weighted by Crippen LogP contribution is -2.23. The highest BCUT2D eigenvalue weighted by atomic mass is 16.5. The maximum absolute atomic E-state index is 9.88. The van der Waals surface area contributed by atoms with Crippen LogP contribution in [0.1, 0.15) is 37.1 Å². The highest BCUT2D eigenvalue weighted by molar-refractivity contribution is 5.34. The van der Waals surface area contributed by atoms with Gasteiger partial charge >= 0.3 is 0 Å². The molecule has 0 bridgehead atoms. The Hall–Kier alpha value is -1.78. The molecule has 0 saturated carbocycles. The van der Waals surface area contributed by atoms with Gasteiger partial charge < -0.3 is 19.6 Å². The van der Waals surface area contributed by atoms with E-state index in [0.29, 0.717) is 19.0 Å². The number of ether oxygens (including phenoxy) is 1. The Labute approximate surface area is 125 Å². The second-order valence-electron chi connectivity index (χ2n) is 4.96. The Morgan fingerprint density at radius 1 is 1.24 bits per heavy atom. The first-order chi connectivity index (χ1) is 10.3. The number of hydrogen-bond acceptors (Lipinski definition) is 4. The van der Waals surface area contributed by atoms with Crippen LogP contribution in [0.5, 0.6) is 5.75 Å². The minimum absolute atomic E-state index is 0.177. The normalized spacial score (nSPS) is 12.4. The molecular weight excluding hydrogens is 266 g/mol. The van der Waals surface area contributed by atoms with E-state index >= 15 is 0 Å². The molecule has 0 aliphatic rings. The van der Waals surface area contributed by atoms with Crippen LogP contribution in [0.25, 0.3) is 0 Å². The number of phenolic OH excluding ortho intramolecular Hbond substituents is 1. The third-order valence-electron chi connectivity index (χ3n) is 3.40. The lowest BCUT2D eigenvalue weighted by atomic mass is 10.0. The van der Waals surface area contributed by atoms with Crippen molar-refractivity contribution in [3.8, 4) is 5.75 Å². The van der Waals surface area contributed by atoms with Gasteiger partial charge in [-0.2, -0.15) is 0 Å². The lowest BCUT2D eigenvalue weighted by molar-refractivity contribution is 0.103. The summed E-state index contributed by atoms with van der Waals surface area (Å²) in [4.78, 5) is 0. The van der Waals surface area contributed by atoms with Gasteiger partial charge in [-0.25, -0.2) is 0 Å². The molecule has 0 spiro atoms. The van der Waals surface area contributed by atoms with E-state index in [1.807, 2.05) is 30.3 Å². The molecular formula is C17H23NO3. The van der Waals surface area contributed by atoms with Crippen LogP contribution in [0.4, 0.5) is 0 Å². The predicted molar refractivity (Wildman–Crippen MR) is 82.1 cm³/mol. The van der Waals surface area contributed by atoms with Crippen LogP contribution in [0.15, 0.2) is 47.1 Å². The van der Waals surface area contributed by atoms with Crippen molar-refractivity contribution in [2.45, 2.75) is 32.4 Å². The maximum atomic E-state index is 9.88. The zero-order valence-electron chi connectivity index (χ0n) is 12.4. The molecule has 2 rings (SSSR count). The van der Waals surface area contributed by atoms with Gasteiger partial charge in [0.1, 0.15) is 18.1 Å². The van der Waals surface area contributed by atoms with Crippen LogP contribution in [-0.4, -0.2) is 18.3 Å². The first kappa shape index (κ1) is 15.6. The highest BCUT2D eigenvalue weighted by Gasteiger charge is 2.11. The molecule has 1 atom stereocenters. The number of hydrogen-bond donors (Lipinski definition) is 2. The third-order valence-corrected chi connectivity index (χ3v) is 3.40. The molecule has 21 heavy (non-hydrogen) atoms. The van der Waals surface area contributed by atoms with Gasteiger partial charge in [0, 0.05) is 18.2 Å². The van der Waals surface area contributed by atoms with Crippen molar-refractivity contribution >= 4 is 0 Å². The minimum atomic E-state index is 0.177. The van der Waals surface area contributed by atoms with E-state index in [9.17, 15) is 5.11 Å². The largest absolute Gasteiger partial charge is 0.508 e. The molecule has 0 aliphatic carbocycles. The second-order valence-corrected chi connectivity index (χ2v) is 4.96. The van der Waals surface area contributed by atoms with Gasteiger partial charge in [-0.3, -0.25) is 0 Å². The first-order valence-corrected chi connectivity index (χ1v) is 7.42. The van der Waals surface area contributed by atoms with Gasteiger partial charge in [-0.15, -0.1) is 0 Å². The smallest absolute Gasteiger partial charge is 0.129 e. The molecule has 1 heterocycles. The zero-order chi connectivity index (χ0) is 14.9. The first-order valence-electron chi connectivity index (χ1n) is 7.42. The molecule has 0 aliphatic heterocycles. The van der Waals surface area contributed by atoms with Crippen molar-refractivity contribution in [3.05, 3.63) is 54.0 Å². The standard InChI is InChI=1S/C17H23NO3/c1-2-16(15-8-3-4-9-17(15)19)18-10-6-11-20-13-14-7-5-12-21-14/h3-5,7-9,12,16,18-19H,2,6,10-11,13H2,1H3. The van der Waals surface area contributed by atoms with Gasteiger partial charge in [0.2, 0.25) is 0 Å². The molecule has 0 amide bonds. The summed E-state index contributed by atoms with van der Waals surface area (Å²) < 4.78 is 10.7. The molecule has 1 unspecified atom stereocenters. The van der Waals surface area contributed by atoms with Crippen molar-refractivity contribution in [1.29, 1.82) is 0 Å². The summed E-state index contributed by atoms with van der Waals surface area (Å²) in [7, 11) is 0. The minimum Gasteiger partial charge on any atom is -0.508 e. The van der Waals surface area contributed by atoms with E-state index in [2.05, 4.69) is 12.2 Å². The Bertz CT molecular complexity index is 511. The predicted octanol–water partition coefficient (Wildman–Crippen LogP) is 3.63. The zero-order valence-corrected chi connectivity index (χ0v) is 12.4. The van der Waals surface area contributed by atoms with Gasteiger partial charge in [0.05, 0.1) is 6.26 Å². The number of nitrogens with one attached hydrogen (secondary N) is 1. The average molecular weight is 289 g/mol. The molecule has 2 N–H and O–H groups in total. The Kier molecular flexibility index (Phi) is 6.31. The Morgan fingerprint density at radius 3 is 2.81 bits per heavy atom. The number of aromatic hydroxyl groups is 1. The molecule has 1 aromatic carbocycles. The van der Waals surface area contributed by atoms with Gasteiger partial charge in [0.25, 0.3) is 0 Å². The van der Waals surface area contributed by atoms with Crippen molar-refractivity contribution < 1.29 is 14.3 Å². The number of rotatable bonds is 9. The van der Waals surface area contributed by atoms with Crippen molar-refractivity contribution in [2.75, 3.05) is 13.2 Å². The highest BCUT2D eigenvalue weighted by Crippen LogP contribution is 2.25. The monoisotopic (exact) mass is 289 g/mol. The van der Waals surface area contributed by atoms with Crippen molar-refractivity contribution in [1.82, 2.24) is 5.32 Å². The van der Waals surface area contributed by atoms with Crippen molar-refractivity contribution in [3.63, 3.8) is 0 Å². The van der Waals surface area contributed by atoms with Gasteiger partial charge in [-0.05, 0) is 37.6 Å². The summed E-state index contributed by atoms with van der Waals surface area (Å²) in [5.41, 5.74) is 0.955. The van der Waals surface area contributed by atoms with Crippen LogP contribution >= 0.6 is 0 Å². The van der Waals surface area contributed by atoms with E-state index in [-0.39, 0.29) is 6.04 Å². The van der Waals surface area contributed by atoms with Crippen LogP contribution < -0.4 is 5.32 Å². The number of benzene rings is 1. The topological polar surface area (TPSA) is 54.6 Å². The fourth-order valence-corrected chi connectivity index (χ4v) is 2.27. The third kappa shape index (κ3) is 4.92. The average Bonchev–Trinajstić information content (AvgIpc) is 3.01. The van der Waals surface area contributed by atoms with Crippen LogP contribution in [0, 0.1) is 0 Å². The quantitative estimate of drug-likeness (QED) is 0.692. The van der Waals surface area contributed by atoms with Crippen molar-refractivity contribution in [2.24, 2.45) is 0 Å². The fraction of sp³-hybridized carbons (Fsp3) is 0.412. The van der Waals surface area contributed by atoms with Gasteiger partial charge in [-0.1, -0.05) is 25.1 Å². The summed E-state index contributed by atoms with van der Waals surface area (Å²) in [6, 6.07) is 11.4. The van der Waals surface area contributed by atoms with Crippen LogP contribution in [0.3, 0.4) is 0 Å². The summed E-state index contributed by atoms with van der Waals surface area (Å²) >= 11 is 0. The summed E-state index contributed by atoms with van der Waals surface area (Å²) in [5.74, 6) is 1.20. The molecule has 0 fully saturated rings. The fourth-order valence-electron chi connectivity index (χ4n) is 2.27. The second kappa shape index (κ2) is 8.49. The molecule has 2 aromatic rings. The Balaban J connectivity index is 1.66. The lowest BCUT2D eigenvalue weighted by Gasteiger charge is -2.18. The summed E-state index contributed by atoms with van der Waals surface area (Å²) in [6.07, 6.45) is 3.51. The summed E-state index contributed by atoms with van der Waals surface area (Å²) in [5, 5.41) is 13.3. The summed E-state index contributed by atoms with van der Waals surface area (Å²) in [6.45, 7) is 4.16. The number of para-hydroxylation sites is 1. The molecule has 114 valence electrons. The van der Waals surface area contributed by atoms with Gasteiger partial charge in [0.15, 0.2) is 0 Å².